The van der Waals surface area contributed by atoms with E-state index in [0.29, 0.717) is 0 Å². The van der Waals surface area contributed by atoms with E-state index in [0.717, 1.165) is 5.92 Å². The fourth-order valence-electron chi connectivity index (χ4n) is 2.02. The molecule has 2 fully saturated rings. The average Bonchev–Trinajstić information content (AvgIpc) is 2.30. The Morgan fingerprint density at radius 2 is 2.10 bits per heavy atom. The van der Waals surface area contributed by atoms with Gasteiger partial charge in [0.05, 0.1) is 0 Å². The third kappa shape index (κ3) is 1.32. The first-order valence-electron chi connectivity index (χ1n) is 4.38. The molecule has 0 spiro atoms. The SMILES string of the molecule is C1CC2CCN(CCN1)C2. The van der Waals surface area contributed by atoms with Gasteiger partial charge in [-0.25, -0.2) is 0 Å². The monoisotopic (exact) mass is 140 g/mol. The van der Waals surface area contributed by atoms with E-state index in [1.165, 1.54) is 45.6 Å². The Kier molecular flexibility index (Phi) is 1.91. The predicted octanol–water partition coefficient (Wildman–Crippen LogP) is 0.302. The first kappa shape index (κ1) is 6.62. The molecule has 2 atom stereocenters. The maximum atomic E-state index is 3.45. The van der Waals surface area contributed by atoms with Crippen LogP contribution in [0.5, 0.6) is 0 Å². The Labute approximate surface area is 62.6 Å². The summed E-state index contributed by atoms with van der Waals surface area (Å²) >= 11 is 0. The van der Waals surface area contributed by atoms with Gasteiger partial charge in [-0.3, -0.25) is 0 Å². The van der Waals surface area contributed by atoms with Crippen LogP contribution >= 0.6 is 0 Å². The fraction of sp³-hybridized carbons (Fsp3) is 1.00. The summed E-state index contributed by atoms with van der Waals surface area (Å²) in [6, 6.07) is 0. The first-order chi connectivity index (χ1) is 4.95. The van der Waals surface area contributed by atoms with Crippen LogP contribution in [0.15, 0.2) is 0 Å². The molecular weight excluding hydrogens is 124 g/mol. The second-order valence-electron chi connectivity index (χ2n) is 3.49. The van der Waals surface area contributed by atoms with E-state index < -0.39 is 0 Å². The summed E-state index contributed by atoms with van der Waals surface area (Å²) < 4.78 is 0. The zero-order valence-electron chi connectivity index (χ0n) is 6.47. The summed E-state index contributed by atoms with van der Waals surface area (Å²) in [5.74, 6) is 1.01. The standard InChI is InChI=1S/C8H16N2/c1-3-9-4-6-10-5-2-8(1)7-10/h8-9H,1-7H2. The molecule has 58 valence electrons. The van der Waals surface area contributed by atoms with Gasteiger partial charge in [-0.2, -0.15) is 0 Å². The van der Waals surface area contributed by atoms with Crippen LogP contribution < -0.4 is 5.32 Å². The lowest BCUT2D eigenvalue weighted by molar-refractivity contribution is 0.301. The number of hydrogen-bond acceptors (Lipinski definition) is 2. The van der Waals surface area contributed by atoms with Crippen molar-refractivity contribution in [2.75, 3.05) is 32.7 Å². The molecular formula is C8H16N2. The largest absolute Gasteiger partial charge is 0.315 e. The van der Waals surface area contributed by atoms with E-state index in [1.807, 2.05) is 0 Å². The van der Waals surface area contributed by atoms with E-state index in [4.69, 9.17) is 0 Å². The van der Waals surface area contributed by atoms with E-state index in [-0.39, 0.29) is 0 Å². The quantitative estimate of drug-likeness (QED) is 0.520. The zero-order chi connectivity index (χ0) is 6.81. The molecule has 0 aromatic carbocycles. The summed E-state index contributed by atoms with van der Waals surface area (Å²) in [5.41, 5.74) is 0. The van der Waals surface area contributed by atoms with Crippen LogP contribution in [-0.4, -0.2) is 37.6 Å². The van der Waals surface area contributed by atoms with Crippen molar-refractivity contribution in [3.63, 3.8) is 0 Å². The fourth-order valence-corrected chi connectivity index (χ4v) is 2.02. The Balaban J connectivity index is 1.91. The number of nitrogens with one attached hydrogen (secondary N) is 1. The topological polar surface area (TPSA) is 15.3 Å². The Bertz CT molecular complexity index is 102. The molecule has 0 amide bonds. The van der Waals surface area contributed by atoms with Gasteiger partial charge in [0, 0.05) is 19.6 Å². The van der Waals surface area contributed by atoms with Gasteiger partial charge in [-0.15, -0.1) is 0 Å². The summed E-state index contributed by atoms with van der Waals surface area (Å²) in [4.78, 5) is 2.58. The molecule has 2 unspecified atom stereocenters. The lowest BCUT2D eigenvalue weighted by Crippen LogP contribution is -2.34. The number of hydrogen-bond donors (Lipinski definition) is 1. The Morgan fingerprint density at radius 1 is 1.10 bits per heavy atom. The van der Waals surface area contributed by atoms with Crippen molar-refractivity contribution in [2.24, 2.45) is 5.92 Å². The zero-order valence-corrected chi connectivity index (χ0v) is 6.47. The number of nitrogens with zero attached hydrogens (tertiary/aromatic N) is 1. The van der Waals surface area contributed by atoms with Crippen molar-refractivity contribution < 1.29 is 0 Å². The maximum Gasteiger partial charge on any atom is 0.0107 e. The number of fused-ring (bicyclic) bond motifs is 2. The van der Waals surface area contributed by atoms with Crippen LogP contribution in [-0.2, 0) is 0 Å². The van der Waals surface area contributed by atoms with Crippen LogP contribution in [0.25, 0.3) is 0 Å². The highest BCUT2D eigenvalue weighted by molar-refractivity contribution is 4.78. The third-order valence-corrected chi connectivity index (χ3v) is 2.70. The van der Waals surface area contributed by atoms with Gasteiger partial charge in [0.2, 0.25) is 0 Å². The van der Waals surface area contributed by atoms with Crippen molar-refractivity contribution in [3.05, 3.63) is 0 Å². The molecule has 2 bridgehead atoms. The molecule has 0 aromatic rings. The molecule has 2 rings (SSSR count). The van der Waals surface area contributed by atoms with E-state index in [1.54, 1.807) is 0 Å². The van der Waals surface area contributed by atoms with E-state index in [9.17, 15) is 0 Å². The van der Waals surface area contributed by atoms with Crippen LogP contribution in [0, 0.1) is 5.92 Å². The summed E-state index contributed by atoms with van der Waals surface area (Å²) in [7, 11) is 0. The van der Waals surface area contributed by atoms with Crippen molar-refractivity contribution in [2.45, 2.75) is 12.8 Å². The van der Waals surface area contributed by atoms with Crippen molar-refractivity contribution in [3.8, 4) is 0 Å². The van der Waals surface area contributed by atoms with Crippen molar-refractivity contribution in [1.82, 2.24) is 10.2 Å². The minimum absolute atomic E-state index is 1.01. The molecule has 0 radical (unpaired) electrons. The lowest BCUT2D eigenvalue weighted by atomic mass is 10.1. The Hall–Kier alpha value is -0.0800. The van der Waals surface area contributed by atoms with E-state index >= 15 is 0 Å². The lowest BCUT2D eigenvalue weighted by Gasteiger charge is -2.19. The van der Waals surface area contributed by atoms with Gasteiger partial charge in [0.25, 0.3) is 0 Å². The van der Waals surface area contributed by atoms with Gasteiger partial charge >= 0.3 is 0 Å². The smallest absolute Gasteiger partial charge is 0.0107 e. The van der Waals surface area contributed by atoms with E-state index in [2.05, 4.69) is 10.2 Å². The van der Waals surface area contributed by atoms with Crippen LogP contribution in [0.1, 0.15) is 12.8 Å². The molecule has 2 heteroatoms. The third-order valence-electron chi connectivity index (χ3n) is 2.70. The molecule has 10 heavy (non-hydrogen) atoms. The molecule has 1 N–H and O–H groups in total. The van der Waals surface area contributed by atoms with Crippen LogP contribution in [0.4, 0.5) is 0 Å². The molecule has 2 nitrogen and oxygen atoms in total. The molecule has 0 aliphatic carbocycles. The molecule has 2 aliphatic rings. The molecule has 0 saturated carbocycles. The highest BCUT2D eigenvalue weighted by Gasteiger charge is 2.22. The van der Waals surface area contributed by atoms with Crippen molar-refractivity contribution in [1.29, 1.82) is 0 Å². The van der Waals surface area contributed by atoms with Gasteiger partial charge < -0.3 is 10.2 Å². The molecule has 2 aliphatic heterocycles. The van der Waals surface area contributed by atoms with Gasteiger partial charge in [0.15, 0.2) is 0 Å². The van der Waals surface area contributed by atoms with Gasteiger partial charge in [-0.05, 0) is 31.8 Å². The second kappa shape index (κ2) is 2.89. The van der Waals surface area contributed by atoms with Crippen molar-refractivity contribution >= 4 is 0 Å². The van der Waals surface area contributed by atoms with Crippen LogP contribution in [0.2, 0.25) is 0 Å². The van der Waals surface area contributed by atoms with Gasteiger partial charge in [0.1, 0.15) is 0 Å². The predicted molar refractivity (Wildman–Crippen MR) is 42.0 cm³/mol. The Morgan fingerprint density at radius 3 is 3.10 bits per heavy atom. The average molecular weight is 140 g/mol. The second-order valence-corrected chi connectivity index (χ2v) is 3.49. The molecule has 2 saturated heterocycles. The maximum absolute atomic E-state index is 3.45. The van der Waals surface area contributed by atoms with Gasteiger partial charge in [-0.1, -0.05) is 0 Å². The minimum atomic E-state index is 1.01. The molecule has 2 heterocycles. The highest BCUT2D eigenvalue weighted by Crippen LogP contribution is 2.19. The molecule has 0 aromatic heterocycles. The normalized spacial score (nSPS) is 40.8. The first-order valence-corrected chi connectivity index (χ1v) is 4.38. The summed E-state index contributed by atoms with van der Waals surface area (Å²) in [6.07, 6.45) is 2.85. The van der Waals surface area contributed by atoms with Crippen LogP contribution in [0.3, 0.4) is 0 Å². The highest BCUT2D eigenvalue weighted by atomic mass is 15.2. The summed E-state index contributed by atoms with van der Waals surface area (Å²) in [6.45, 7) is 6.45. The minimum Gasteiger partial charge on any atom is -0.315 e. The number of rotatable bonds is 0. The summed E-state index contributed by atoms with van der Waals surface area (Å²) in [5, 5.41) is 3.45.